The second-order valence-electron chi connectivity index (χ2n) is 4.05. The number of carboxylic acids is 1. The van der Waals surface area contributed by atoms with Gasteiger partial charge in [-0.25, -0.2) is 0 Å². The van der Waals surface area contributed by atoms with Crippen LogP contribution in [0.4, 0.5) is 0 Å². The van der Waals surface area contributed by atoms with Gasteiger partial charge in [0.1, 0.15) is 5.54 Å². The molecule has 0 saturated carbocycles. The summed E-state index contributed by atoms with van der Waals surface area (Å²) in [6, 6.07) is 0. The molecule has 0 saturated heterocycles. The lowest BCUT2D eigenvalue weighted by atomic mass is 10.1. The number of nitrogens with two attached hydrogens (primary N) is 2. The molecule has 0 unspecified atom stereocenters. The molecule has 0 aliphatic heterocycles. The summed E-state index contributed by atoms with van der Waals surface area (Å²) < 4.78 is 0. The van der Waals surface area contributed by atoms with Crippen LogP contribution < -0.4 is 11.5 Å². The number of aliphatic imine (C=N–C) groups is 1. The molecule has 0 aliphatic rings. The average molecular weight is 247 g/mol. The molecule has 5 nitrogen and oxygen atoms in total. The first-order chi connectivity index (χ1) is 7.29. The number of carboxylic acid groups (broad SMARTS) is 1. The highest BCUT2D eigenvalue weighted by Crippen LogP contribution is 2.19. The minimum Gasteiger partial charge on any atom is -0.480 e. The molecule has 16 heavy (non-hydrogen) atoms. The van der Waals surface area contributed by atoms with Crippen LogP contribution in [-0.4, -0.2) is 40.0 Å². The van der Waals surface area contributed by atoms with Crippen LogP contribution in [0.15, 0.2) is 4.99 Å². The fourth-order valence-electron chi connectivity index (χ4n) is 0.898. The van der Waals surface area contributed by atoms with Crippen molar-refractivity contribution in [3.8, 4) is 0 Å². The van der Waals surface area contributed by atoms with Gasteiger partial charge in [0.15, 0.2) is 0 Å². The zero-order chi connectivity index (χ0) is 12.8. The Hall–Kier alpha value is -0.750. The van der Waals surface area contributed by atoms with E-state index in [4.69, 9.17) is 16.6 Å². The van der Waals surface area contributed by atoms with Crippen molar-refractivity contribution in [3.05, 3.63) is 0 Å². The molecule has 0 radical (unpaired) electrons. The monoisotopic (exact) mass is 247 g/mol. The maximum atomic E-state index is 10.8. The van der Waals surface area contributed by atoms with Crippen LogP contribution in [0.1, 0.15) is 27.2 Å². The molecular formula is C10H21N3O2S. The molecule has 0 fully saturated rings. The molecule has 5 N–H and O–H groups in total. The van der Waals surface area contributed by atoms with Crippen LogP contribution >= 0.6 is 11.8 Å². The first kappa shape index (κ1) is 15.2. The zero-order valence-corrected chi connectivity index (χ0v) is 10.9. The number of carbonyl (C=O) groups is 1. The Labute approximate surface area is 101 Å². The van der Waals surface area contributed by atoms with E-state index >= 15 is 0 Å². The van der Waals surface area contributed by atoms with Gasteiger partial charge in [-0.15, -0.1) is 0 Å². The average Bonchev–Trinajstić information content (AvgIpc) is 2.17. The van der Waals surface area contributed by atoms with Crippen LogP contribution in [0.25, 0.3) is 0 Å². The quantitative estimate of drug-likeness (QED) is 0.453. The van der Waals surface area contributed by atoms with Crippen molar-refractivity contribution >= 4 is 23.6 Å². The Morgan fingerprint density at radius 2 is 2.19 bits per heavy atom. The van der Waals surface area contributed by atoms with Crippen LogP contribution in [0.5, 0.6) is 0 Å². The van der Waals surface area contributed by atoms with E-state index in [-0.39, 0.29) is 5.25 Å². The number of rotatable bonds is 7. The van der Waals surface area contributed by atoms with Gasteiger partial charge in [-0.3, -0.25) is 9.79 Å². The lowest BCUT2D eigenvalue weighted by molar-refractivity contribution is -0.141. The largest absolute Gasteiger partial charge is 0.480 e. The molecule has 6 heteroatoms. The van der Waals surface area contributed by atoms with Crippen molar-refractivity contribution in [2.45, 2.75) is 38.0 Å². The zero-order valence-electron chi connectivity index (χ0n) is 10.1. The predicted molar refractivity (Wildman–Crippen MR) is 68.9 cm³/mol. The van der Waals surface area contributed by atoms with E-state index in [1.807, 2.05) is 6.92 Å². The van der Waals surface area contributed by atoms with Crippen molar-refractivity contribution in [2.75, 3.05) is 12.3 Å². The highest BCUT2D eigenvalue weighted by molar-refractivity contribution is 8.00. The first-order valence-corrected chi connectivity index (χ1v) is 6.25. The lowest BCUT2D eigenvalue weighted by Crippen LogP contribution is -2.47. The van der Waals surface area contributed by atoms with Gasteiger partial charge in [-0.1, -0.05) is 6.92 Å². The van der Waals surface area contributed by atoms with Gasteiger partial charge in [0.2, 0.25) is 0 Å². The van der Waals surface area contributed by atoms with Crippen molar-refractivity contribution < 1.29 is 9.90 Å². The standard InChI is InChI=1S/C10H21N3O2S/c1-4-8(5-13-7(2)11)16-6-10(3,12)9(14)15/h8H,4-6,12H2,1-3H3,(H2,11,13)(H,14,15)/t8-,10-/m0/s1. The Balaban J connectivity index is 4.15. The Morgan fingerprint density at radius 3 is 2.56 bits per heavy atom. The topological polar surface area (TPSA) is 102 Å². The Bertz CT molecular complexity index is 263. The van der Waals surface area contributed by atoms with Gasteiger partial charge in [0, 0.05) is 11.0 Å². The molecule has 94 valence electrons. The summed E-state index contributed by atoms with van der Waals surface area (Å²) in [5.74, 6) is -0.0545. The van der Waals surface area contributed by atoms with E-state index in [1.165, 1.54) is 18.7 Å². The molecule has 0 heterocycles. The predicted octanol–water partition coefficient (Wildman–Crippen LogP) is 0.677. The smallest absolute Gasteiger partial charge is 0.324 e. The van der Waals surface area contributed by atoms with Crippen molar-refractivity contribution in [3.63, 3.8) is 0 Å². The summed E-state index contributed by atoms with van der Waals surface area (Å²) in [5.41, 5.74) is 9.90. The third-order valence-electron chi connectivity index (χ3n) is 2.11. The number of nitrogens with zero attached hydrogens (tertiary/aromatic N) is 1. The van der Waals surface area contributed by atoms with Gasteiger partial charge < -0.3 is 16.6 Å². The van der Waals surface area contributed by atoms with Gasteiger partial charge in [0.05, 0.1) is 12.4 Å². The van der Waals surface area contributed by atoms with Crippen LogP contribution in [-0.2, 0) is 4.79 Å². The van der Waals surface area contributed by atoms with E-state index in [0.29, 0.717) is 18.1 Å². The van der Waals surface area contributed by atoms with Crippen molar-refractivity contribution in [1.29, 1.82) is 0 Å². The Morgan fingerprint density at radius 1 is 1.62 bits per heavy atom. The van der Waals surface area contributed by atoms with E-state index in [2.05, 4.69) is 4.99 Å². The number of aliphatic carboxylic acids is 1. The van der Waals surface area contributed by atoms with Crippen LogP contribution in [0.3, 0.4) is 0 Å². The fraction of sp³-hybridized carbons (Fsp3) is 0.800. The second kappa shape index (κ2) is 6.75. The summed E-state index contributed by atoms with van der Waals surface area (Å²) in [6.45, 7) is 5.90. The molecule has 0 aromatic rings. The SMILES string of the molecule is CC[C@@H](CN=C(C)N)SC[C@](C)(N)C(=O)O. The number of amidine groups is 1. The van der Waals surface area contributed by atoms with E-state index < -0.39 is 11.5 Å². The first-order valence-electron chi connectivity index (χ1n) is 5.20. The summed E-state index contributed by atoms with van der Waals surface area (Å²) in [5, 5.41) is 9.12. The fourth-order valence-corrected chi connectivity index (χ4v) is 2.02. The molecular weight excluding hydrogens is 226 g/mol. The second-order valence-corrected chi connectivity index (χ2v) is 5.33. The number of hydrogen-bond donors (Lipinski definition) is 3. The molecule has 0 spiro atoms. The number of thioether (sulfide) groups is 1. The highest BCUT2D eigenvalue weighted by Gasteiger charge is 2.28. The van der Waals surface area contributed by atoms with Crippen LogP contribution in [0.2, 0.25) is 0 Å². The van der Waals surface area contributed by atoms with E-state index in [0.717, 1.165) is 6.42 Å². The maximum Gasteiger partial charge on any atom is 0.324 e. The van der Waals surface area contributed by atoms with Crippen molar-refractivity contribution in [1.82, 2.24) is 0 Å². The summed E-state index contributed by atoms with van der Waals surface area (Å²) in [6.07, 6.45) is 0.914. The van der Waals surface area contributed by atoms with Gasteiger partial charge in [-0.05, 0) is 20.3 Å². The summed E-state index contributed by atoms with van der Waals surface area (Å²) >= 11 is 1.53. The summed E-state index contributed by atoms with van der Waals surface area (Å²) in [7, 11) is 0. The molecule has 0 aromatic heterocycles. The number of hydrogen-bond acceptors (Lipinski definition) is 4. The van der Waals surface area contributed by atoms with E-state index in [9.17, 15) is 4.79 Å². The molecule has 0 rings (SSSR count). The molecule has 0 bridgehead atoms. The highest BCUT2D eigenvalue weighted by atomic mass is 32.2. The summed E-state index contributed by atoms with van der Waals surface area (Å²) in [4.78, 5) is 14.9. The normalized spacial score (nSPS) is 17.9. The minimum absolute atomic E-state index is 0.265. The van der Waals surface area contributed by atoms with Gasteiger partial charge in [0.25, 0.3) is 0 Å². The molecule has 0 aromatic carbocycles. The molecule has 0 amide bonds. The third kappa shape index (κ3) is 5.97. The van der Waals surface area contributed by atoms with Crippen molar-refractivity contribution in [2.24, 2.45) is 16.5 Å². The maximum absolute atomic E-state index is 10.8. The molecule has 2 atom stereocenters. The minimum atomic E-state index is -1.18. The lowest BCUT2D eigenvalue weighted by Gasteiger charge is -2.21. The molecule has 0 aliphatic carbocycles. The van der Waals surface area contributed by atoms with Crippen LogP contribution in [0, 0.1) is 0 Å². The third-order valence-corrected chi connectivity index (χ3v) is 3.83. The van der Waals surface area contributed by atoms with Gasteiger partial charge in [-0.2, -0.15) is 11.8 Å². The Kier molecular flexibility index (Phi) is 6.43. The van der Waals surface area contributed by atoms with E-state index in [1.54, 1.807) is 6.92 Å². The van der Waals surface area contributed by atoms with Gasteiger partial charge >= 0.3 is 5.97 Å².